The molecule has 0 aliphatic carbocycles. The third-order valence-corrected chi connectivity index (χ3v) is 1.96. The van der Waals surface area contributed by atoms with Crippen LogP contribution in [0.5, 0.6) is 0 Å². The molecular weight excluding hydrogens is 194 g/mol. The molecule has 2 aromatic rings. The first kappa shape index (κ1) is 9.89. The van der Waals surface area contributed by atoms with Crippen molar-refractivity contribution in [3.05, 3.63) is 42.1 Å². The van der Waals surface area contributed by atoms with E-state index in [4.69, 9.17) is 14.4 Å². The van der Waals surface area contributed by atoms with Crippen LogP contribution in [0.25, 0.3) is 11.3 Å². The normalized spacial score (nSPS) is 10.5. The molecule has 0 fully saturated rings. The van der Waals surface area contributed by atoms with E-state index >= 15 is 0 Å². The van der Waals surface area contributed by atoms with Crippen LogP contribution in [0.1, 0.15) is 5.69 Å². The lowest BCUT2D eigenvalue weighted by molar-refractivity contribution is -0.0132. The number of hydrogen-bond acceptors (Lipinski definition) is 4. The molecule has 2 rings (SSSR count). The van der Waals surface area contributed by atoms with E-state index in [2.05, 4.69) is 5.16 Å². The van der Waals surface area contributed by atoms with Crippen LogP contribution in [0.2, 0.25) is 0 Å². The van der Waals surface area contributed by atoms with Gasteiger partial charge in [-0.1, -0.05) is 35.5 Å². The highest BCUT2D eigenvalue weighted by Gasteiger charge is 2.05. The highest BCUT2D eigenvalue weighted by atomic mass is 16.6. The molecule has 1 heterocycles. The number of hydrogen-bond donors (Lipinski definition) is 1. The van der Waals surface area contributed by atoms with Gasteiger partial charge in [-0.05, 0) is 0 Å². The molecule has 0 bridgehead atoms. The fraction of sp³-hybridized carbons (Fsp3) is 0.182. The highest BCUT2D eigenvalue weighted by Crippen LogP contribution is 2.19. The second-order valence-corrected chi connectivity index (χ2v) is 3.03. The lowest BCUT2D eigenvalue weighted by atomic mass is 10.2. The molecule has 0 spiro atoms. The van der Waals surface area contributed by atoms with Crippen LogP contribution in [0.3, 0.4) is 0 Å². The lowest BCUT2D eigenvalue weighted by Crippen LogP contribution is -1.93. The molecule has 0 saturated heterocycles. The zero-order valence-corrected chi connectivity index (χ0v) is 8.09. The standard InChI is InChI=1S/C11H11NO3/c13-8-14-7-10-6-11(15-12-10)9-4-2-1-3-5-9/h1-6,13H,7-8H2. The smallest absolute Gasteiger partial charge is 0.167 e. The topological polar surface area (TPSA) is 55.5 Å². The van der Waals surface area contributed by atoms with E-state index in [9.17, 15) is 0 Å². The van der Waals surface area contributed by atoms with Gasteiger partial charge in [0.2, 0.25) is 0 Å². The molecule has 0 saturated carbocycles. The van der Waals surface area contributed by atoms with Crippen molar-refractivity contribution in [2.75, 3.05) is 6.79 Å². The molecule has 0 unspecified atom stereocenters. The fourth-order valence-corrected chi connectivity index (χ4v) is 1.27. The number of aliphatic hydroxyl groups is 1. The van der Waals surface area contributed by atoms with Gasteiger partial charge in [-0.25, -0.2) is 0 Å². The van der Waals surface area contributed by atoms with Gasteiger partial charge in [0, 0.05) is 11.6 Å². The summed E-state index contributed by atoms with van der Waals surface area (Å²) in [6, 6.07) is 11.5. The van der Waals surface area contributed by atoms with Gasteiger partial charge < -0.3 is 14.4 Å². The average Bonchev–Trinajstić information content (AvgIpc) is 2.76. The van der Waals surface area contributed by atoms with Crippen LogP contribution in [0.15, 0.2) is 40.9 Å². The summed E-state index contributed by atoms with van der Waals surface area (Å²) >= 11 is 0. The maximum atomic E-state index is 8.47. The first-order valence-electron chi connectivity index (χ1n) is 4.60. The first-order valence-corrected chi connectivity index (χ1v) is 4.60. The van der Waals surface area contributed by atoms with Gasteiger partial charge in [-0.2, -0.15) is 0 Å². The summed E-state index contributed by atoms with van der Waals surface area (Å²) in [5.41, 5.74) is 1.64. The second kappa shape index (κ2) is 4.72. The third-order valence-electron chi connectivity index (χ3n) is 1.96. The number of aliphatic hydroxyl groups excluding tert-OH is 1. The van der Waals surface area contributed by atoms with Gasteiger partial charge in [0.05, 0.1) is 6.61 Å². The number of aromatic nitrogens is 1. The Bertz CT molecular complexity index is 411. The average molecular weight is 205 g/mol. The van der Waals surface area contributed by atoms with Crippen molar-refractivity contribution in [2.24, 2.45) is 0 Å². The molecule has 4 heteroatoms. The maximum Gasteiger partial charge on any atom is 0.167 e. The third kappa shape index (κ3) is 2.43. The summed E-state index contributed by atoms with van der Waals surface area (Å²) in [6.45, 7) is -0.0552. The predicted octanol–water partition coefficient (Wildman–Crippen LogP) is 1.81. The molecule has 0 atom stereocenters. The summed E-state index contributed by atoms with van der Waals surface area (Å²) in [4.78, 5) is 0. The van der Waals surface area contributed by atoms with Crippen LogP contribution >= 0.6 is 0 Å². The van der Waals surface area contributed by atoms with Gasteiger partial charge in [0.25, 0.3) is 0 Å². The summed E-state index contributed by atoms with van der Waals surface area (Å²) in [7, 11) is 0. The van der Waals surface area contributed by atoms with Gasteiger partial charge in [0.1, 0.15) is 12.5 Å². The van der Waals surface area contributed by atoms with Crippen LogP contribution in [0.4, 0.5) is 0 Å². The van der Waals surface area contributed by atoms with Crippen molar-refractivity contribution in [3.63, 3.8) is 0 Å². The van der Waals surface area contributed by atoms with Crippen molar-refractivity contribution in [1.29, 1.82) is 0 Å². The molecule has 1 N–H and O–H groups in total. The summed E-state index contributed by atoms with van der Waals surface area (Å²) in [5.74, 6) is 0.701. The van der Waals surface area contributed by atoms with E-state index in [1.807, 2.05) is 30.3 Å². The Hall–Kier alpha value is -1.65. The molecule has 0 amide bonds. The van der Waals surface area contributed by atoms with Gasteiger partial charge in [-0.15, -0.1) is 0 Å². The summed E-state index contributed by atoms with van der Waals surface area (Å²) in [6.07, 6.45) is 0. The molecule has 0 radical (unpaired) electrons. The van der Waals surface area contributed by atoms with Crippen LogP contribution in [0, 0.1) is 0 Å². The monoisotopic (exact) mass is 205 g/mol. The van der Waals surface area contributed by atoms with Crippen molar-refractivity contribution in [3.8, 4) is 11.3 Å². The highest BCUT2D eigenvalue weighted by molar-refractivity contribution is 5.56. The molecule has 1 aromatic carbocycles. The van der Waals surface area contributed by atoms with Crippen molar-refractivity contribution in [2.45, 2.75) is 6.61 Å². The Morgan fingerprint density at radius 2 is 2.07 bits per heavy atom. The molecular formula is C11H11NO3. The fourth-order valence-electron chi connectivity index (χ4n) is 1.27. The molecule has 78 valence electrons. The minimum absolute atomic E-state index is 0.257. The molecule has 4 nitrogen and oxygen atoms in total. The van der Waals surface area contributed by atoms with E-state index in [1.54, 1.807) is 6.07 Å². The summed E-state index contributed by atoms with van der Waals surface area (Å²) in [5, 5.41) is 12.3. The molecule has 0 aliphatic heterocycles. The lowest BCUT2D eigenvalue weighted by Gasteiger charge is -1.93. The largest absolute Gasteiger partial charge is 0.371 e. The van der Waals surface area contributed by atoms with Crippen molar-refractivity contribution < 1.29 is 14.4 Å². The first-order chi connectivity index (χ1) is 7.40. The summed E-state index contributed by atoms with van der Waals surface area (Å²) < 4.78 is 9.94. The molecule has 15 heavy (non-hydrogen) atoms. The van der Waals surface area contributed by atoms with E-state index in [1.165, 1.54) is 0 Å². The zero-order valence-electron chi connectivity index (χ0n) is 8.09. The predicted molar refractivity (Wildman–Crippen MR) is 53.8 cm³/mol. The number of ether oxygens (including phenoxy) is 1. The Balaban J connectivity index is 2.14. The van der Waals surface area contributed by atoms with Gasteiger partial charge in [-0.3, -0.25) is 0 Å². The number of nitrogens with zero attached hydrogens (tertiary/aromatic N) is 1. The number of benzene rings is 1. The minimum atomic E-state index is -0.312. The minimum Gasteiger partial charge on any atom is -0.371 e. The van der Waals surface area contributed by atoms with Crippen LogP contribution in [-0.2, 0) is 11.3 Å². The second-order valence-electron chi connectivity index (χ2n) is 3.03. The number of rotatable bonds is 4. The van der Waals surface area contributed by atoms with Crippen LogP contribution in [-0.4, -0.2) is 17.1 Å². The maximum absolute atomic E-state index is 8.47. The van der Waals surface area contributed by atoms with E-state index < -0.39 is 0 Å². The van der Waals surface area contributed by atoms with Crippen molar-refractivity contribution >= 4 is 0 Å². The van der Waals surface area contributed by atoms with E-state index in [0.29, 0.717) is 11.5 Å². The van der Waals surface area contributed by atoms with Gasteiger partial charge >= 0.3 is 0 Å². The Kier molecular flexibility index (Phi) is 3.11. The van der Waals surface area contributed by atoms with Crippen molar-refractivity contribution in [1.82, 2.24) is 5.16 Å². The van der Waals surface area contributed by atoms with E-state index in [0.717, 1.165) is 5.56 Å². The van der Waals surface area contributed by atoms with Crippen LogP contribution < -0.4 is 0 Å². The zero-order chi connectivity index (χ0) is 10.5. The Morgan fingerprint density at radius 1 is 1.27 bits per heavy atom. The Morgan fingerprint density at radius 3 is 2.80 bits per heavy atom. The molecule has 0 aliphatic rings. The quantitative estimate of drug-likeness (QED) is 0.773. The Labute approximate surface area is 87.1 Å². The SMILES string of the molecule is OCOCc1cc(-c2ccccc2)on1. The van der Waals surface area contributed by atoms with Gasteiger partial charge in [0.15, 0.2) is 5.76 Å². The molecule has 1 aromatic heterocycles. The van der Waals surface area contributed by atoms with E-state index in [-0.39, 0.29) is 13.4 Å².